The quantitative estimate of drug-likeness (QED) is 0.639. The van der Waals surface area contributed by atoms with Gasteiger partial charge in [-0.05, 0) is 56.1 Å². The fourth-order valence-corrected chi connectivity index (χ4v) is 7.56. The van der Waals surface area contributed by atoms with Gasteiger partial charge in [-0.15, -0.1) is 0 Å². The number of hydrogen-bond donors (Lipinski definition) is 2. The van der Waals surface area contributed by atoms with E-state index in [0.29, 0.717) is 12.8 Å². The largest absolute Gasteiger partial charge is 0.462 e. The van der Waals surface area contributed by atoms with Crippen molar-refractivity contribution in [3.8, 4) is 0 Å². The van der Waals surface area contributed by atoms with Crippen LogP contribution in [0.4, 0.5) is 0 Å². The van der Waals surface area contributed by atoms with Gasteiger partial charge in [-0.3, -0.25) is 14.4 Å². The van der Waals surface area contributed by atoms with E-state index in [1.165, 1.54) is 13.8 Å². The van der Waals surface area contributed by atoms with Gasteiger partial charge in [-0.2, -0.15) is 0 Å². The maximum atomic E-state index is 12.0. The molecule has 0 amide bonds. The van der Waals surface area contributed by atoms with Crippen molar-refractivity contribution in [2.45, 2.75) is 77.6 Å². The average molecular weight is 447 g/mol. The van der Waals surface area contributed by atoms with Crippen LogP contribution in [0.3, 0.4) is 0 Å². The molecule has 0 aromatic carbocycles. The van der Waals surface area contributed by atoms with Crippen LogP contribution in [0.2, 0.25) is 0 Å². The molecule has 1 unspecified atom stereocenters. The Hall–Kier alpha value is -1.99. The summed E-state index contributed by atoms with van der Waals surface area (Å²) in [5.74, 6) is -0.838. The van der Waals surface area contributed by atoms with Crippen LogP contribution in [0.15, 0.2) is 23.8 Å². The summed E-state index contributed by atoms with van der Waals surface area (Å²) in [6.07, 6.45) is 6.69. The number of aliphatic hydroxyl groups is 2. The van der Waals surface area contributed by atoms with Crippen LogP contribution in [0.25, 0.3) is 0 Å². The van der Waals surface area contributed by atoms with E-state index in [9.17, 15) is 24.6 Å². The Bertz CT molecular complexity index is 891. The Kier molecular flexibility index (Phi) is 5.65. The second-order valence-corrected chi connectivity index (χ2v) is 10.6. The molecule has 8 atom stereocenters. The fraction of sp³-hybridized carbons (Fsp3) is 0.720. The average Bonchev–Trinajstić information content (AvgIpc) is 2.96. The zero-order valence-electron chi connectivity index (χ0n) is 19.3. The minimum atomic E-state index is -1.42. The molecule has 4 aliphatic rings. The van der Waals surface area contributed by atoms with Gasteiger partial charge in [0.05, 0.1) is 6.10 Å². The van der Waals surface area contributed by atoms with Gasteiger partial charge in [0.25, 0.3) is 0 Å². The molecule has 0 spiro atoms. The van der Waals surface area contributed by atoms with Crippen LogP contribution >= 0.6 is 0 Å². The number of ether oxygens (including phenoxy) is 2. The number of hydrogen-bond acceptors (Lipinski definition) is 7. The lowest BCUT2D eigenvalue weighted by molar-refractivity contribution is -0.218. The maximum absolute atomic E-state index is 12.0. The zero-order chi connectivity index (χ0) is 23.5. The summed E-state index contributed by atoms with van der Waals surface area (Å²) in [7, 11) is 0. The van der Waals surface area contributed by atoms with Gasteiger partial charge in [0, 0.05) is 30.6 Å². The highest BCUT2D eigenvalue weighted by molar-refractivity contribution is 6.01. The summed E-state index contributed by atoms with van der Waals surface area (Å²) < 4.78 is 10.6. The van der Waals surface area contributed by atoms with Gasteiger partial charge < -0.3 is 19.7 Å². The molecule has 0 bridgehead atoms. The van der Waals surface area contributed by atoms with Crippen LogP contribution in [0.5, 0.6) is 0 Å². The summed E-state index contributed by atoms with van der Waals surface area (Å²) in [6.45, 7) is 6.42. The smallest absolute Gasteiger partial charge is 0.303 e. The number of rotatable bonds is 4. The van der Waals surface area contributed by atoms with Crippen molar-refractivity contribution in [2.24, 2.45) is 28.6 Å². The monoisotopic (exact) mass is 446 g/mol. The number of aliphatic hydroxyl groups excluding tert-OH is 1. The van der Waals surface area contributed by atoms with Crippen LogP contribution in [0, 0.1) is 28.6 Å². The molecule has 176 valence electrons. The Morgan fingerprint density at radius 2 is 1.94 bits per heavy atom. The molecule has 0 heterocycles. The highest BCUT2D eigenvalue weighted by atomic mass is 16.6. The van der Waals surface area contributed by atoms with Gasteiger partial charge >= 0.3 is 11.9 Å². The highest BCUT2D eigenvalue weighted by Gasteiger charge is 2.68. The number of fused-ring (bicyclic) bond motifs is 5. The van der Waals surface area contributed by atoms with Gasteiger partial charge in [0.2, 0.25) is 0 Å². The minimum absolute atomic E-state index is 0.00370. The van der Waals surface area contributed by atoms with Gasteiger partial charge in [-0.1, -0.05) is 25.5 Å². The first-order chi connectivity index (χ1) is 14.9. The topological polar surface area (TPSA) is 110 Å². The van der Waals surface area contributed by atoms with Gasteiger partial charge in [-0.25, -0.2) is 0 Å². The molecule has 32 heavy (non-hydrogen) atoms. The Balaban J connectivity index is 1.68. The summed E-state index contributed by atoms with van der Waals surface area (Å²) in [4.78, 5) is 35.2. The second-order valence-electron chi connectivity index (χ2n) is 10.6. The lowest BCUT2D eigenvalue weighted by Crippen LogP contribution is -2.63. The van der Waals surface area contributed by atoms with E-state index in [-0.39, 0.29) is 35.6 Å². The summed E-state index contributed by atoms with van der Waals surface area (Å²) in [5, 5.41) is 23.4. The number of ketones is 1. The van der Waals surface area contributed by atoms with Crippen molar-refractivity contribution >= 4 is 17.7 Å². The third-order valence-corrected chi connectivity index (χ3v) is 8.99. The van der Waals surface area contributed by atoms with E-state index >= 15 is 0 Å². The van der Waals surface area contributed by atoms with E-state index < -0.39 is 35.2 Å². The number of allylic oxidation sites excluding steroid dienone is 4. The van der Waals surface area contributed by atoms with Crippen LogP contribution in [0.1, 0.15) is 59.8 Å². The zero-order valence-corrected chi connectivity index (χ0v) is 19.3. The standard InChI is InChI=1S/C25H34O7/c1-14(26)31-13-21(32-15(2)27)25(30)10-8-19-18-6-5-16-11-17(28)7-9-23(16,3)22(18)20(29)12-24(19,25)4/h7,9,11,18-22,29-30H,5-6,8,10,12-13H2,1-4H3/t18-,19-,20-,21?,22+,23-,24-,25-/m0/s1. The maximum Gasteiger partial charge on any atom is 0.303 e. The first-order valence-corrected chi connectivity index (χ1v) is 11.6. The van der Waals surface area contributed by atoms with Crippen molar-refractivity contribution < 1.29 is 34.1 Å². The summed E-state index contributed by atoms with van der Waals surface area (Å²) in [6, 6.07) is 0. The first kappa shape index (κ1) is 23.2. The Labute approximate surface area is 188 Å². The molecular weight excluding hydrogens is 412 g/mol. The third-order valence-electron chi connectivity index (χ3n) is 8.99. The number of carbonyl (C=O) groups excluding carboxylic acids is 3. The molecule has 0 aromatic rings. The van der Waals surface area contributed by atoms with Gasteiger partial charge in [0.15, 0.2) is 11.9 Å². The van der Waals surface area contributed by atoms with E-state index in [1.54, 1.807) is 12.2 Å². The third kappa shape index (κ3) is 3.36. The fourth-order valence-electron chi connectivity index (χ4n) is 7.56. The van der Waals surface area contributed by atoms with Crippen LogP contribution < -0.4 is 0 Å². The van der Waals surface area contributed by atoms with E-state index in [0.717, 1.165) is 24.8 Å². The molecule has 7 nitrogen and oxygen atoms in total. The lowest BCUT2D eigenvalue weighted by Gasteiger charge is -2.60. The van der Waals surface area contributed by atoms with Crippen LogP contribution in [-0.2, 0) is 23.9 Å². The van der Waals surface area contributed by atoms with Crippen molar-refractivity contribution in [3.63, 3.8) is 0 Å². The molecule has 4 rings (SSSR count). The molecule has 7 heteroatoms. The molecule has 0 aromatic heterocycles. The number of carbonyl (C=O) groups is 3. The molecular formula is C25H34O7. The Morgan fingerprint density at radius 1 is 1.22 bits per heavy atom. The van der Waals surface area contributed by atoms with Gasteiger partial charge in [0.1, 0.15) is 12.2 Å². The predicted octanol–water partition coefficient (Wildman–Crippen LogP) is 2.49. The van der Waals surface area contributed by atoms with E-state index in [4.69, 9.17) is 9.47 Å². The molecule has 3 saturated carbocycles. The highest BCUT2D eigenvalue weighted by Crippen LogP contribution is 2.67. The molecule has 0 radical (unpaired) electrons. The van der Waals surface area contributed by atoms with Crippen LogP contribution in [-0.4, -0.2) is 52.4 Å². The predicted molar refractivity (Wildman–Crippen MR) is 115 cm³/mol. The SMILES string of the molecule is CC(=O)OCC(OC(C)=O)[C@@]1(O)CC[C@H]2[C@@H]3CCC4=CC(=O)C=C[C@]4(C)[C@H]3[C@@H](O)C[C@@]21C. The molecule has 4 aliphatic carbocycles. The molecule has 3 fully saturated rings. The summed E-state index contributed by atoms with van der Waals surface area (Å²) >= 11 is 0. The summed E-state index contributed by atoms with van der Waals surface area (Å²) in [5.41, 5.74) is -1.43. The first-order valence-electron chi connectivity index (χ1n) is 11.6. The number of esters is 2. The van der Waals surface area contributed by atoms with E-state index in [2.05, 4.69) is 6.92 Å². The van der Waals surface area contributed by atoms with Crippen molar-refractivity contribution in [3.05, 3.63) is 23.8 Å². The normalized spacial score (nSPS) is 43.4. The minimum Gasteiger partial charge on any atom is -0.462 e. The lowest BCUT2D eigenvalue weighted by atomic mass is 9.46. The van der Waals surface area contributed by atoms with Crippen molar-refractivity contribution in [2.75, 3.05) is 6.61 Å². The van der Waals surface area contributed by atoms with Crippen molar-refractivity contribution in [1.29, 1.82) is 0 Å². The molecule has 0 saturated heterocycles. The molecule has 0 aliphatic heterocycles. The van der Waals surface area contributed by atoms with E-state index in [1.807, 2.05) is 13.0 Å². The Morgan fingerprint density at radius 3 is 2.59 bits per heavy atom. The second kappa shape index (κ2) is 7.80. The van der Waals surface area contributed by atoms with Crippen molar-refractivity contribution in [1.82, 2.24) is 0 Å². The molecule has 2 N–H and O–H groups in total.